The second kappa shape index (κ2) is 2.80. The lowest BCUT2D eigenvalue weighted by molar-refractivity contribution is 1.33. The summed E-state index contributed by atoms with van der Waals surface area (Å²) in [6, 6.07) is 0. The molecule has 52 valence electrons. The second-order valence-corrected chi connectivity index (χ2v) is 2.76. The summed E-state index contributed by atoms with van der Waals surface area (Å²) < 4.78 is 4.16. The smallest absolute Gasteiger partial charge is 0.0589 e. The van der Waals surface area contributed by atoms with Crippen molar-refractivity contribution in [3.63, 3.8) is 0 Å². The van der Waals surface area contributed by atoms with Gasteiger partial charge < -0.3 is 0 Å². The van der Waals surface area contributed by atoms with Gasteiger partial charge in [-0.1, -0.05) is 19.2 Å². The quantitative estimate of drug-likeness (QED) is 0.633. The lowest BCUT2D eigenvalue weighted by Gasteiger charge is -1.87. The van der Waals surface area contributed by atoms with Gasteiger partial charge in [0.2, 0.25) is 0 Å². The summed E-state index contributed by atoms with van der Waals surface area (Å²) in [7, 11) is 0. The molecule has 0 aromatic carbocycles. The standard InChI is InChI=1S/C8H9NS/c1-4-7-6(3)9-10-8(7)5-2/h4-5H,1-2H2,3H3. The molecule has 0 unspecified atom stereocenters. The molecule has 1 nitrogen and oxygen atoms in total. The van der Waals surface area contributed by atoms with Gasteiger partial charge in [0.25, 0.3) is 0 Å². The van der Waals surface area contributed by atoms with Crippen molar-refractivity contribution in [3.8, 4) is 0 Å². The van der Waals surface area contributed by atoms with Crippen molar-refractivity contribution in [1.82, 2.24) is 4.37 Å². The topological polar surface area (TPSA) is 12.9 Å². The molecule has 0 aliphatic rings. The third-order valence-electron chi connectivity index (χ3n) is 1.33. The van der Waals surface area contributed by atoms with E-state index >= 15 is 0 Å². The molecular weight excluding hydrogens is 142 g/mol. The molecule has 0 fully saturated rings. The molecule has 1 aromatic rings. The Balaban J connectivity index is 3.25. The van der Waals surface area contributed by atoms with Gasteiger partial charge in [-0.05, 0) is 24.5 Å². The van der Waals surface area contributed by atoms with Gasteiger partial charge in [0.05, 0.1) is 10.6 Å². The summed E-state index contributed by atoms with van der Waals surface area (Å²) in [6.07, 6.45) is 3.62. The molecule has 0 saturated heterocycles. The number of rotatable bonds is 2. The molecule has 1 rings (SSSR count). The fourth-order valence-corrected chi connectivity index (χ4v) is 1.53. The highest BCUT2D eigenvalue weighted by molar-refractivity contribution is 7.07. The van der Waals surface area contributed by atoms with Gasteiger partial charge in [-0.25, -0.2) is 0 Å². The minimum absolute atomic E-state index is 1.04. The zero-order valence-electron chi connectivity index (χ0n) is 5.92. The molecule has 0 atom stereocenters. The molecule has 0 aliphatic heterocycles. The van der Waals surface area contributed by atoms with Gasteiger partial charge in [0.15, 0.2) is 0 Å². The van der Waals surface area contributed by atoms with Crippen molar-refractivity contribution < 1.29 is 0 Å². The van der Waals surface area contributed by atoms with E-state index in [1.165, 1.54) is 11.5 Å². The Morgan fingerprint density at radius 2 is 2.10 bits per heavy atom. The minimum Gasteiger partial charge on any atom is -0.197 e. The Morgan fingerprint density at radius 3 is 2.50 bits per heavy atom. The molecule has 0 bridgehead atoms. The Kier molecular flexibility index (Phi) is 2.02. The molecule has 10 heavy (non-hydrogen) atoms. The predicted octanol–water partition coefficient (Wildman–Crippen LogP) is 2.74. The van der Waals surface area contributed by atoms with Crippen LogP contribution in [0.2, 0.25) is 0 Å². The molecule has 1 aromatic heterocycles. The van der Waals surface area contributed by atoms with Crippen molar-refractivity contribution in [2.75, 3.05) is 0 Å². The average molecular weight is 151 g/mol. The Bertz CT molecular complexity index is 260. The van der Waals surface area contributed by atoms with E-state index in [0.29, 0.717) is 0 Å². The number of aryl methyl sites for hydroxylation is 1. The van der Waals surface area contributed by atoms with E-state index in [4.69, 9.17) is 0 Å². The van der Waals surface area contributed by atoms with E-state index < -0.39 is 0 Å². The molecule has 0 radical (unpaired) electrons. The third kappa shape index (κ3) is 1.02. The first kappa shape index (κ1) is 7.22. The maximum Gasteiger partial charge on any atom is 0.0589 e. The van der Waals surface area contributed by atoms with Crippen LogP contribution in [0.25, 0.3) is 12.2 Å². The van der Waals surface area contributed by atoms with Crippen LogP contribution in [0.5, 0.6) is 0 Å². The van der Waals surface area contributed by atoms with E-state index in [9.17, 15) is 0 Å². The molecule has 1 heterocycles. The van der Waals surface area contributed by atoms with Crippen LogP contribution in [-0.2, 0) is 0 Å². The normalized spacial score (nSPS) is 9.30. The van der Waals surface area contributed by atoms with E-state index in [0.717, 1.165) is 16.1 Å². The van der Waals surface area contributed by atoms with Crippen molar-refractivity contribution in [1.29, 1.82) is 0 Å². The van der Waals surface area contributed by atoms with Crippen LogP contribution in [0.1, 0.15) is 16.1 Å². The predicted molar refractivity (Wildman–Crippen MR) is 47.0 cm³/mol. The van der Waals surface area contributed by atoms with Crippen LogP contribution in [0.15, 0.2) is 13.2 Å². The molecule has 0 aliphatic carbocycles. The largest absolute Gasteiger partial charge is 0.197 e. The van der Waals surface area contributed by atoms with Crippen LogP contribution in [0.4, 0.5) is 0 Å². The Hall–Kier alpha value is -0.890. The highest BCUT2D eigenvalue weighted by Crippen LogP contribution is 2.19. The number of hydrogen-bond donors (Lipinski definition) is 0. The lowest BCUT2D eigenvalue weighted by Crippen LogP contribution is -1.74. The van der Waals surface area contributed by atoms with Crippen LogP contribution >= 0.6 is 11.5 Å². The first-order chi connectivity index (χ1) is 4.79. The highest BCUT2D eigenvalue weighted by atomic mass is 32.1. The van der Waals surface area contributed by atoms with Gasteiger partial charge in [-0.15, -0.1) is 0 Å². The minimum atomic E-state index is 1.04. The van der Waals surface area contributed by atoms with E-state index in [2.05, 4.69) is 17.5 Å². The number of aromatic nitrogens is 1. The summed E-state index contributed by atoms with van der Waals surface area (Å²) in [5.74, 6) is 0. The number of hydrogen-bond acceptors (Lipinski definition) is 2. The zero-order valence-corrected chi connectivity index (χ0v) is 6.74. The van der Waals surface area contributed by atoms with Crippen LogP contribution in [0, 0.1) is 6.92 Å². The van der Waals surface area contributed by atoms with Gasteiger partial charge >= 0.3 is 0 Å². The van der Waals surface area contributed by atoms with Crippen LogP contribution in [-0.4, -0.2) is 4.37 Å². The summed E-state index contributed by atoms with van der Waals surface area (Å²) in [5, 5.41) is 0. The molecule has 0 N–H and O–H groups in total. The van der Waals surface area contributed by atoms with Crippen molar-refractivity contribution >= 4 is 23.7 Å². The first-order valence-electron chi connectivity index (χ1n) is 3.00. The molecule has 2 heteroatoms. The van der Waals surface area contributed by atoms with Crippen molar-refractivity contribution in [2.24, 2.45) is 0 Å². The van der Waals surface area contributed by atoms with Gasteiger partial charge in [0, 0.05) is 5.56 Å². The highest BCUT2D eigenvalue weighted by Gasteiger charge is 2.01. The molecule has 0 amide bonds. The van der Waals surface area contributed by atoms with Crippen molar-refractivity contribution in [2.45, 2.75) is 6.92 Å². The molecule has 0 saturated carbocycles. The van der Waals surface area contributed by atoms with E-state index in [1.54, 1.807) is 0 Å². The van der Waals surface area contributed by atoms with Crippen molar-refractivity contribution in [3.05, 3.63) is 29.3 Å². The lowest BCUT2D eigenvalue weighted by atomic mass is 10.2. The maximum absolute atomic E-state index is 4.16. The van der Waals surface area contributed by atoms with E-state index in [1.807, 2.05) is 19.1 Å². The zero-order chi connectivity index (χ0) is 7.56. The third-order valence-corrected chi connectivity index (χ3v) is 2.27. The average Bonchev–Trinajstić information content (AvgIpc) is 2.30. The molecule has 0 spiro atoms. The monoisotopic (exact) mass is 151 g/mol. The van der Waals surface area contributed by atoms with E-state index in [-0.39, 0.29) is 0 Å². The summed E-state index contributed by atoms with van der Waals surface area (Å²) >= 11 is 1.46. The summed E-state index contributed by atoms with van der Waals surface area (Å²) in [5.41, 5.74) is 2.15. The van der Waals surface area contributed by atoms with Gasteiger partial charge in [-0.2, -0.15) is 4.37 Å². The van der Waals surface area contributed by atoms with Crippen LogP contribution < -0.4 is 0 Å². The number of nitrogens with zero attached hydrogens (tertiary/aromatic N) is 1. The summed E-state index contributed by atoms with van der Waals surface area (Å²) in [6.45, 7) is 9.34. The second-order valence-electron chi connectivity index (χ2n) is 1.95. The van der Waals surface area contributed by atoms with Gasteiger partial charge in [-0.3, -0.25) is 0 Å². The first-order valence-corrected chi connectivity index (χ1v) is 3.78. The summed E-state index contributed by atoms with van der Waals surface area (Å²) in [4.78, 5) is 1.10. The Morgan fingerprint density at radius 1 is 1.40 bits per heavy atom. The maximum atomic E-state index is 4.16. The van der Waals surface area contributed by atoms with Crippen LogP contribution in [0.3, 0.4) is 0 Å². The fraction of sp³-hybridized carbons (Fsp3) is 0.125. The van der Waals surface area contributed by atoms with Gasteiger partial charge in [0.1, 0.15) is 0 Å². The SMILES string of the molecule is C=Cc1snc(C)c1C=C. The molecular formula is C8H9NS. The fourth-order valence-electron chi connectivity index (χ4n) is 0.790. The Labute approximate surface area is 64.9 Å².